The van der Waals surface area contributed by atoms with Gasteiger partial charge in [-0.2, -0.15) is 4.58 Å². The molecule has 2 nitrogen and oxygen atoms in total. The molecule has 2 aliphatic heterocycles. The molecule has 0 aromatic heterocycles. The Labute approximate surface area is 270 Å². The molecule has 0 radical (unpaired) electrons. The smallest absolute Gasteiger partial charge is 0.210 e. The van der Waals surface area contributed by atoms with Crippen LogP contribution in [0.1, 0.15) is 78.4 Å². The summed E-state index contributed by atoms with van der Waals surface area (Å²) in [6, 6.07) is 26.9. The SMILES string of the molecule is CCCCN1\C(=C/C=C/C=C/C=C/C2=[N+](CCCC)c3ccc4ccccc4c3C2(C)C)C(C)(C)c2c1ccc1ccccc21. The van der Waals surface area contributed by atoms with E-state index in [1.165, 1.54) is 81.1 Å². The second-order valence-electron chi connectivity index (χ2n) is 13.7. The Morgan fingerprint density at radius 1 is 0.644 bits per heavy atom. The lowest BCUT2D eigenvalue weighted by Gasteiger charge is -2.27. The highest BCUT2D eigenvalue weighted by Crippen LogP contribution is 2.51. The summed E-state index contributed by atoms with van der Waals surface area (Å²) in [6.07, 6.45) is 20.3. The number of anilines is 1. The third-order valence-electron chi connectivity index (χ3n) is 9.93. The van der Waals surface area contributed by atoms with Crippen LogP contribution in [0.4, 0.5) is 11.4 Å². The maximum Gasteiger partial charge on any atom is 0.210 e. The third kappa shape index (κ3) is 5.50. The molecule has 0 fully saturated rings. The van der Waals surface area contributed by atoms with Crippen molar-refractivity contribution in [2.45, 2.75) is 78.1 Å². The van der Waals surface area contributed by atoms with Crippen LogP contribution in [-0.2, 0) is 10.8 Å². The van der Waals surface area contributed by atoms with Gasteiger partial charge in [-0.15, -0.1) is 0 Å². The van der Waals surface area contributed by atoms with Crippen LogP contribution < -0.4 is 4.90 Å². The Kier molecular flexibility index (Phi) is 8.69. The highest BCUT2D eigenvalue weighted by atomic mass is 15.2. The first-order valence-corrected chi connectivity index (χ1v) is 17.0. The van der Waals surface area contributed by atoms with Crippen molar-refractivity contribution in [3.8, 4) is 0 Å². The fraction of sp³-hybridized carbons (Fsp3) is 0.326. The van der Waals surface area contributed by atoms with Gasteiger partial charge in [-0.05, 0) is 65.6 Å². The number of rotatable bonds is 10. The van der Waals surface area contributed by atoms with Crippen LogP contribution in [0.5, 0.6) is 0 Å². The normalized spacial score (nSPS) is 18.1. The van der Waals surface area contributed by atoms with E-state index in [9.17, 15) is 0 Å². The van der Waals surface area contributed by atoms with Gasteiger partial charge in [0, 0.05) is 47.5 Å². The van der Waals surface area contributed by atoms with Crippen molar-refractivity contribution >= 4 is 38.6 Å². The molecule has 0 saturated heterocycles. The molecule has 2 heteroatoms. The summed E-state index contributed by atoms with van der Waals surface area (Å²) >= 11 is 0. The average molecular weight is 594 g/mol. The molecule has 0 saturated carbocycles. The predicted molar refractivity (Wildman–Crippen MR) is 196 cm³/mol. The van der Waals surface area contributed by atoms with E-state index in [1.54, 1.807) is 0 Å². The van der Waals surface area contributed by atoms with Crippen molar-refractivity contribution in [2.75, 3.05) is 18.0 Å². The van der Waals surface area contributed by atoms with Gasteiger partial charge in [-0.3, -0.25) is 0 Å². The molecule has 0 aliphatic carbocycles. The average Bonchev–Trinajstić information content (AvgIpc) is 3.40. The molecule has 4 aromatic rings. The Hall–Kier alpha value is -4.17. The molecular formula is C43H49N2+. The molecule has 230 valence electrons. The van der Waals surface area contributed by atoms with Crippen molar-refractivity contribution < 1.29 is 4.58 Å². The van der Waals surface area contributed by atoms with Gasteiger partial charge in [0.25, 0.3) is 0 Å². The lowest BCUT2D eigenvalue weighted by molar-refractivity contribution is -0.438. The van der Waals surface area contributed by atoms with Gasteiger partial charge in [-0.1, -0.05) is 126 Å². The van der Waals surface area contributed by atoms with E-state index in [1.807, 2.05) is 0 Å². The van der Waals surface area contributed by atoms with Gasteiger partial charge < -0.3 is 4.90 Å². The van der Waals surface area contributed by atoms with E-state index in [-0.39, 0.29) is 10.8 Å². The summed E-state index contributed by atoms with van der Waals surface area (Å²) in [5.74, 6) is 0. The number of unbranched alkanes of at least 4 members (excludes halogenated alkanes) is 2. The zero-order valence-corrected chi connectivity index (χ0v) is 28.1. The fourth-order valence-corrected chi connectivity index (χ4v) is 7.67. The molecule has 6 rings (SSSR count). The van der Waals surface area contributed by atoms with Gasteiger partial charge in [0.05, 0.1) is 5.41 Å². The first-order chi connectivity index (χ1) is 21.8. The van der Waals surface area contributed by atoms with Gasteiger partial charge in [0.1, 0.15) is 6.54 Å². The molecule has 2 heterocycles. The zero-order chi connectivity index (χ0) is 31.6. The minimum Gasteiger partial charge on any atom is -0.344 e. The van der Waals surface area contributed by atoms with E-state index in [2.05, 4.69) is 166 Å². The topological polar surface area (TPSA) is 6.25 Å². The molecule has 0 atom stereocenters. The minimum atomic E-state index is -0.0658. The molecule has 45 heavy (non-hydrogen) atoms. The van der Waals surface area contributed by atoms with E-state index >= 15 is 0 Å². The molecule has 4 aromatic carbocycles. The largest absolute Gasteiger partial charge is 0.344 e. The van der Waals surface area contributed by atoms with Gasteiger partial charge in [0.15, 0.2) is 5.71 Å². The van der Waals surface area contributed by atoms with Gasteiger partial charge >= 0.3 is 0 Å². The fourth-order valence-electron chi connectivity index (χ4n) is 7.67. The van der Waals surface area contributed by atoms with E-state index < -0.39 is 0 Å². The molecule has 0 unspecified atom stereocenters. The monoisotopic (exact) mass is 593 g/mol. The summed E-state index contributed by atoms with van der Waals surface area (Å²) in [6.45, 7) is 16.2. The summed E-state index contributed by atoms with van der Waals surface area (Å²) in [5.41, 5.74) is 8.25. The quantitative estimate of drug-likeness (QED) is 0.131. The lowest BCUT2D eigenvalue weighted by Crippen LogP contribution is -2.28. The summed E-state index contributed by atoms with van der Waals surface area (Å²) in [5, 5.41) is 5.38. The highest BCUT2D eigenvalue weighted by molar-refractivity contribution is 6.07. The van der Waals surface area contributed by atoms with Crippen molar-refractivity contribution in [1.82, 2.24) is 0 Å². The predicted octanol–water partition coefficient (Wildman–Crippen LogP) is 11.3. The Morgan fingerprint density at radius 2 is 1.27 bits per heavy atom. The number of hydrogen-bond acceptors (Lipinski definition) is 1. The maximum absolute atomic E-state index is 2.56. The minimum absolute atomic E-state index is 0.0658. The second-order valence-corrected chi connectivity index (χ2v) is 13.7. The lowest BCUT2D eigenvalue weighted by atomic mass is 9.79. The third-order valence-corrected chi connectivity index (χ3v) is 9.93. The molecule has 0 amide bonds. The summed E-state index contributed by atoms with van der Waals surface area (Å²) in [4.78, 5) is 2.56. The van der Waals surface area contributed by atoms with Crippen molar-refractivity contribution in [2.24, 2.45) is 0 Å². The molecule has 0 N–H and O–H groups in total. The second kappa shape index (κ2) is 12.7. The Morgan fingerprint density at radius 3 is 1.98 bits per heavy atom. The van der Waals surface area contributed by atoms with Crippen LogP contribution >= 0.6 is 0 Å². The first-order valence-electron chi connectivity index (χ1n) is 17.0. The van der Waals surface area contributed by atoms with E-state index in [0.29, 0.717) is 0 Å². The maximum atomic E-state index is 2.56. The number of nitrogens with zero attached hydrogens (tertiary/aromatic N) is 2. The van der Waals surface area contributed by atoms with Crippen LogP contribution in [0.2, 0.25) is 0 Å². The first kappa shape index (κ1) is 30.8. The van der Waals surface area contributed by atoms with Crippen LogP contribution in [0, 0.1) is 0 Å². The van der Waals surface area contributed by atoms with Crippen LogP contribution in [0.25, 0.3) is 21.5 Å². The van der Waals surface area contributed by atoms with Crippen LogP contribution in [-0.4, -0.2) is 23.4 Å². The van der Waals surface area contributed by atoms with Gasteiger partial charge in [0.2, 0.25) is 5.69 Å². The van der Waals surface area contributed by atoms with E-state index in [0.717, 1.165) is 13.1 Å². The number of benzene rings is 4. The zero-order valence-electron chi connectivity index (χ0n) is 28.1. The van der Waals surface area contributed by atoms with Crippen molar-refractivity contribution in [3.63, 3.8) is 0 Å². The Bertz CT molecular complexity index is 1870. The Balaban J connectivity index is 1.26. The molecule has 0 bridgehead atoms. The van der Waals surface area contributed by atoms with Crippen LogP contribution in [0.3, 0.4) is 0 Å². The van der Waals surface area contributed by atoms with Crippen LogP contribution in [0.15, 0.2) is 121 Å². The summed E-state index contributed by atoms with van der Waals surface area (Å²) < 4.78 is 2.56. The number of allylic oxidation sites excluding steroid dienone is 8. The van der Waals surface area contributed by atoms with Gasteiger partial charge in [-0.25, -0.2) is 0 Å². The molecular weight excluding hydrogens is 544 g/mol. The molecule has 2 aliphatic rings. The highest BCUT2D eigenvalue weighted by Gasteiger charge is 2.45. The number of fused-ring (bicyclic) bond motifs is 6. The van der Waals surface area contributed by atoms with Crippen molar-refractivity contribution in [1.29, 1.82) is 0 Å². The van der Waals surface area contributed by atoms with E-state index in [4.69, 9.17) is 0 Å². The summed E-state index contributed by atoms with van der Waals surface area (Å²) in [7, 11) is 0. The standard InChI is InChI=1S/C43H49N2/c1-7-9-30-44-36-28-26-32-20-16-18-22-34(32)40(36)42(3,4)38(44)24-14-12-11-13-15-25-39-43(5,6)41-35-23-19-17-21-33(35)27-29-37(41)45(39)31-10-8-2/h11-29H,7-10,30-31H2,1-6H3/q+1. The van der Waals surface area contributed by atoms with Crippen molar-refractivity contribution in [3.05, 3.63) is 132 Å². The number of hydrogen-bond donors (Lipinski definition) is 0. The molecule has 0 spiro atoms.